The molecule has 3 amide bonds. The first-order chi connectivity index (χ1) is 16.5. The molecule has 2 aliphatic rings. The molecule has 174 valence electrons. The number of hydrogen-bond donors (Lipinski definition) is 2. The molecule has 2 N–H and O–H groups in total. The largest absolute Gasteiger partial charge is 0.454 e. The number of nitrogens with zero attached hydrogens (tertiary/aromatic N) is 2. The summed E-state index contributed by atoms with van der Waals surface area (Å²) in [6.07, 6.45) is 0. The standard InChI is InChI=1S/C25H24N4O4S/c1-15-11-16(2)27-24-22(15)29(9-10-34-24)25(31)28-19-6-4-18(5-7-19)23(30)26-13-17-3-8-20-21(12-17)33-14-32-20/h3-8,11-12H,9-10,13-14H2,1-2H3,(H,26,30)(H,28,31). The van der Waals surface area contributed by atoms with E-state index >= 15 is 0 Å². The quantitative estimate of drug-likeness (QED) is 0.576. The van der Waals surface area contributed by atoms with Crippen LogP contribution in [0.3, 0.4) is 0 Å². The fourth-order valence-corrected chi connectivity index (χ4v) is 5.09. The SMILES string of the molecule is Cc1cc(C)c2c(n1)SCCN2C(=O)Nc1ccc(C(=O)NCc2ccc3c(c2)OCO3)cc1. The number of urea groups is 1. The molecule has 0 spiro atoms. The summed E-state index contributed by atoms with van der Waals surface area (Å²) in [5.41, 5.74) is 4.88. The zero-order chi connectivity index (χ0) is 23.7. The van der Waals surface area contributed by atoms with Crippen molar-refractivity contribution in [3.63, 3.8) is 0 Å². The van der Waals surface area contributed by atoms with E-state index in [1.54, 1.807) is 40.9 Å². The van der Waals surface area contributed by atoms with Gasteiger partial charge in [-0.1, -0.05) is 6.07 Å². The van der Waals surface area contributed by atoms with Crippen molar-refractivity contribution in [2.45, 2.75) is 25.4 Å². The Morgan fingerprint density at radius 2 is 1.85 bits per heavy atom. The van der Waals surface area contributed by atoms with Crippen LogP contribution in [0.15, 0.2) is 53.6 Å². The number of benzene rings is 2. The van der Waals surface area contributed by atoms with Gasteiger partial charge in [-0.3, -0.25) is 9.69 Å². The van der Waals surface area contributed by atoms with Gasteiger partial charge >= 0.3 is 6.03 Å². The van der Waals surface area contributed by atoms with E-state index in [2.05, 4.69) is 15.6 Å². The Hall–Kier alpha value is -3.72. The summed E-state index contributed by atoms with van der Waals surface area (Å²) < 4.78 is 10.7. The van der Waals surface area contributed by atoms with Crippen LogP contribution < -0.4 is 25.0 Å². The van der Waals surface area contributed by atoms with Crippen molar-refractivity contribution in [3.8, 4) is 11.5 Å². The Morgan fingerprint density at radius 1 is 1.06 bits per heavy atom. The number of carbonyl (C=O) groups is 2. The first kappa shape index (κ1) is 22.1. The van der Waals surface area contributed by atoms with Crippen molar-refractivity contribution < 1.29 is 19.1 Å². The molecular weight excluding hydrogens is 452 g/mol. The molecule has 0 radical (unpaired) electrons. The van der Waals surface area contributed by atoms with Crippen LogP contribution in [0, 0.1) is 13.8 Å². The highest BCUT2D eigenvalue weighted by Gasteiger charge is 2.26. The van der Waals surface area contributed by atoms with Gasteiger partial charge < -0.3 is 20.1 Å². The topological polar surface area (TPSA) is 92.8 Å². The van der Waals surface area contributed by atoms with E-state index in [-0.39, 0.29) is 18.7 Å². The Kier molecular flexibility index (Phi) is 6.02. The summed E-state index contributed by atoms with van der Waals surface area (Å²) in [4.78, 5) is 31.9. The average molecular weight is 477 g/mol. The van der Waals surface area contributed by atoms with Crippen molar-refractivity contribution in [2.75, 3.05) is 29.3 Å². The summed E-state index contributed by atoms with van der Waals surface area (Å²) in [6, 6.07) is 14.2. The molecule has 0 unspecified atom stereocenters. The van der Waals surface area contributed by atoms with Gasteiger partial charge in [0, 0.05) is 35.8 Å². The Labute approximate surface area is 201 Å². The Morgan fingerprint density at radius 3 is 2.68 bits per heavy atom. The molecule has 9 heteroatoms. The Bertz CT molecular complexity index is 1260. The van der Waals surface area contributed by atoms with Crippen LogP contribution in [0.2, 0.25) is 0 Å². The van der Waals surface area contributed by atoms with Crippen LogP contribution in [-0.4, -0.2) is 36.0 Å². The van der Waals surface area contributed by atoms with Gasteiger partial charge in [0.25, 0.3) is 5.91 Å². The molecule has 0 atom stereocenters. The number of amides is 3. The number of carbonyl (C=O) groups excluding carboxylic acids is 2. The number of aromatic nitrogens is 1. The minimum absolute atomic E-state index is 0.199. The number of aryl methyl sites for hydroxylation is 2. The first-order valence-electron chi connectivity index (χ1n) is 10.9. The van der Waals surface area contributed by atoms with Gasteiger partial charge in [-0.05, 0) is 67.4 Å². The van der Waals surface area contributed by atoms with Crippen LogP contribution in [0.5, 0.6) is 11.5 Å². The smallest absolute Gasteiger partial charge is 0.326 e. The summed E-state index contributed by atoms with van der Waals surface area (Å²) in [5, 5.41) is 6.72. The number of rotatable bonds is 4. The lowest BCUT2D eigenvalue weighted by molar-refractivity contribution is 0.0951. The predicted molar refractivity (Wildman–Crippen MR) is 131 cm³/mol. The molecule has 0 saturated carbocycles. The molecule has 8 nitrogen and oxygen atoms in total. The second-order valence-electron chi connectivity index (χ2n) is 8.11. The summed E-state index contributed by atoms with van der Waals surface area (Å²) in [6.45, 7) is 5.15. The third-order valence-corrected chi connectivity index (χ3v) is 6.58. The predicted octanol–water partition coefficient (Wildman–Crippen LogP) is 4.50. The van der Waals surface area contributed by atoms with Gasteiger partial charge in [-0.15, -0.1) is 11.8 Å². The molecule has 5 rings (SSSR count). The molecule has 3 heterocycles. The van der Waals surface area contributed by atoms with E-state index < -0.39 is 0 Å². The highest BCUT2D eigenvalue weighted by atomic mass is 32.2. The maximum atomic E-state index is 13.0. The van der Waals surface area contributed by atoms with Crippen LogP contribution in [0.1, 0.15) is 27.2 Å². The monoisotopic (exact) mass is 476 g/mol. The van der Waals surface area contributed by atoms with Gasteiger partial charge in [-0.25, -0.2) is 9.78 Å². The van der Waals surface area contributed by atoms with Crippen molar-refractivity contribution >= 4 is 35.1 Å². The molecule has 2 aliphatic heterocycles. The minimum atomic E-state index is -0.213. The number of anilines is 2. The molecule has 0 saturated heterocycles. The number of pyridine rings is 1. The van der Waals surface area contributed by atoms with Crippen LogP contribution in [-0.2, 0) is 6.54 Å². The summed E-state index contributed by atoms with van der Waals surface area (Å²) in [5.74, 6) is 1.98. The maximum absolute atomic E-state index is 13.0. The second-order valence-corrected chi connectivity index (χ2v) is 9.20. The zero-order valence-electron chi connectivity index (χ0n) is 18.9. The van der Waals surface area contributed by atoms with Crippen molar-refractivity contribution in [2.24, 2.45) is 0 Å². The second kappa shape index (κ2) is 9.26. The molecule has 1 aromatic heterocycles. The highest BCUT2D eigenvalue weighted by Crippen LogP contribution is 2.36. The lowest BCUT2D eigenvalue weighted by atomic mass is 10.1. The third-order valence-electron chi connectivity index (χ3n) is 5.64. The van der Waals surface area contributed by atoms with Gasteiger partial charge in [0.15, 0.2) is 11.5 Å². The van der Waals surface area contributed by atoms with Crippen LogP contribution in [0.4, 0.5) is 16.2 Å². The Balaban J connectivity index is 1.21. The van der Waals surface area contributed by atoms with Gasteiger partial charge in [0.2, 0.25) is 6.79 Å². The molecule has 34 heavy (non-hydrogen) atoms. The van der Waals surface area contributed by atoms with Crippen molar-refractivity contribution in [1.29, 1.82) is 0 Å². The summed E-state index contributed by atoms with van der Waals surface area (Å²) >= 11 is 1.67. The average Bonchev–Trinajstić information content (AvgIpc) is 3.30. The molecule has 0 fully saturated rings. The fourth-order valence-electron chi connectivity index (χ4n) is 4.00. The third kappa shape index (κ3) is 4.51. The van der Waals surface area contributed by atoms with Gasteiger partial charge in [-0.2, -0.15) is 0 Å². The molecular formula is C25H24N4O4S. The number of thioether (sulfide) groups is 1. The van der Waals surface area contributed by atoms with E-state index in [9.17, 15) is 9.59 Å². The lowest BCUT2D eigenvalue weighted by Gasteiger charge is -2.30. The van der Waals surface area contributed by atoms with Gasteiger partial charge in [0.05, 0.1) is 5.69 Å². The van der Waals surface area contributed by atoms with Gasteiger partial charge in [0.1, 0.15) is 5.03 Å². The number of hydrogen-bond acceptors (Lipinski definition) is 6. The molecule has 2 aromatic carbocycles. The van der Waals surface area contributed by atoms with E-state index in [1.165, 1.54) is 0 Å². The minimum Gasteiger partial charge on any atom is -0.454 e. The first-order valence-corrected chi connectivity index (χ1v) is 11.9. The van der Waals surface area contributed by atoms with E-state index in [0.717, 1.165) is 33.3 Å². The van der Waals surface area contributed by atoms with Crippen LogP contribution in [0.25, 0.3) is 0 Å². The number of ether oxygens (including phenoxy) is 2. The lowest BCUT2D eigenvalue weighted by Crippen LogP contribution is -2.39. The highest BCUT2D eigenvalue weighted by molar-refractivity contribution is 7.99. The van der Waals surface area contributed by atoms with Crippen LogP contribution >= 0.6 is 11.8 Å². The number of fused-ring (bicyclic) bond motifs is 2. The molecule has 0 bridgehead atoms. The van der Waals surface area contributed by atoms with E-state index in [1.807, 2.05) is 38.1 Å². The fraction of sp³-hybridized carbons (Fsp3) is 0.240. The zero-order valence-corrected chi connectivity index (χ0v) is 19.7. The maximum Gasteiger partial charge on any atom is 0.326 e. The molecule has 3 aromatic rings. The van der Waals surface area contributed by atoms with Crippen molar-refractivity contribution in [3.05, 3.63) is 70.9 Å². The normalized spacial score (nSPS) is 13.9. The van der Waals surface area contributed by atoms with E-state index in [0.29, 0.717) is 35.8 Å². The molecule has 0 aliphatic carbocycles. The summed E-state index contributed by atoms with van der Waals surface area (Å²) in [7, 11) is 0. The number of nitrogens with one attached hydrogen (secondary N) is 2. The van der Waals surface area contributed by atoms with E-state index in [4.69, 9.17) is 9.47 Å². The van der Waals surface area contributed by atoms with Crippen molar-refractivity contribution in [1.82, 2.24) is 10.3 Å².